The first kappa shape index (κ1) is 37.3. The fourth-order valence-corrected chi connectivity index (χ4v) is 4.89. The Morgan fingerprint density at radius 1 is 1.05 bits per heavy atom. The summed E-state index contributed by atoms with van der Waals surface area (Å²) in [7, 11) is -0.649. The van der Waals surface area contributed by atoms with Gasteiger partial charge in [-0.15, -0.1) is 6.58 Å². The van der Waals surface area contributed by atoms with Gasteiger partial charge in [-0.3, -0.25) is 13.9 Å². The minimum Gasteiger partial charge on any atom is -0.471 e. The highest BCUT2D eigenvalue weighted by molar-refractivity contribution is 7.89. The monoisotopic (exact) mass is 585 g/mol. The predicted molar refractivity (Wildman–Crippen MR) is 169 cm³/mol. The van der Waals surface area contributed by atoms with Crippen molar-refractivity contribution in [3.8, 4) is 0 Å². The largest absolute Gasteiger partial charge is 0.471 e. The third-order valence-electron chi connectivity index (χ3n) is 5.66. The molecule has 8 nitrogen and oxygen atoms in total. The molecule has 0 aliphatic carbocycles. The second-order valence-corrected chi connectivity index (χ2v) is 10.2. The SMILES string of the molecule is C=CC/C(=C\N(C/C=C\C)S(=O)(=O)c1ccc(C(=O)N(CC)CCCNC)cc1)c1ccccc1.CC.COC=O. The predicted octanol–water partition coefficient (Wildman–Crippen LogP) is 5.76. The van der Waals surface area contributed by atoms with Gasteiger partial charge in [0.15, 0.2) is 0 Å². The fourth-order valence-electron chi connectivity index (χ4n) is 3.59. The first-order valence-corrected chi connectivity index (χ1v) is 15.2. The van der Waals surface area contributed by atoms with E-state index in [1.165, 1.54) is 23.5 Å². The lowest BCUT2D eigenvalue weighted by Gasteiger charge is -2.22. The molecule has 0 heterocycles. The van der Waals surface area contributed by atoms with Crippen LogP contribution >= 0.6 is 0 Å². The van der Waals surface area contributed by atoms with Gasteiger partial charge < -0.3 is 15.0 Å². The lowest BCUT2D eigenvalue weighted by molar-refractivity contribution is -0.126. The van der Waals surface area contributed by atoms with Crippen LogP contribution in [0.15, 0.2) is 90.5 Å². The van der Waals surface area contributed by atoms with Crippen LogP contribution in [-0.2, 0) is 19.6 Å². The standard InChI is InChI=1S/C28H37N3O3S.C2H4O2.C2H6/c1-5-8-22-31(23-26(13-6-2)24-14-10-9-11-15-24)35(33,34)27-18-16-25(17-19-27)28(32)30(7-3)21-12-20-29-4;1-4-2-3;1-2/h5-6,8-11,14-19,23,29H,2,7,12-13,20-22H2,1,3-4H3;2H,1H3;1-2H3/b8-5-,26-23+;;. The molecule has 0 bridgehead atoms. The van der Waals surface area contributed by atoms with Gasteiger partial charge in [0.1, 0.15) is 0 Å². The van der Waals surface area contributed by atoms with E-state index in [2.05, 4.69) is 16.6 Å². The molecule has 0 atom stereocenters. The van der Waals surface area contributed by atoms with Gasteiger partial charge in [0.05, 0.1) is 18.6 Å². The Labute approximate surface area is 247 Å². The van der Waals surface area contributed by atoms with E-state index in [0.717, 1.165) is 24.1 Å². The first-order chi connectivity index (χ1) is 19.8. The van der Waals surface area contributed by atoms with Crippen LogP contribution in [-0.4, -0.2) is 70.3 Å². The fraction of sp³-hybridized carbons (Fsp3) is 0.375. The molecule has 2 rings (SSSR count). The van der Waals surface area contributed by atoms with Crippen molar-refractivity contribution in [3.05, 3.63) is 96.7 Å². The van der Waals surface area contributed by atoms with E-state index in [-0.39, 0.29) is 17.3 Å². The Hall–Kier alpha value is -3.69. The highest BCUT2D eigenvalue weighted by Gasteiger charge is 2.23. The van der Waals surface area contributed by atoms with Crippen molar-refractivity contribution in [1.29, 1.82) is 0 Å². The number of rotatable bonds is 15. The summed E-state index contributed by atoms with van der Waals surface area (Å²) in [6.07, 6.45) is 8.43. The molecule has 0 aliphatic rings. The Morgan fingerprint density at radius 3 is 2.15 bits per heavy atom. The zero-order valence-electron chi connectivity index (χ0n) is 25.4. The van der Waals surface area contributed by atoms with Gasteiger partial charge in [-0.1, -0.05) is 62.4 Å². The van der Waals surface area contributed by atoms with Crippen LogP contribution in [0, 0.1) is 0 Å². The lowest BCUT2D eigenvalue weighted by atomic mass is 10.0. The maximum Gasteiger partial charge on any atom is 0.292 e. The molecule has 0 fully saturated rings. The number of amides is 1. The molecule has 41 heavy (non-hydrogen) atoms. The number of carbonyl (C=O) groups is 2. The summed E-state index contributed by atoms with van der Waals surface area (Å²) < 4.78 is 32.3. The van der Waals surface area contributed by atoms with Crippen molar-refractivity contribution < 1.29 is 22.7 Å². The summed E-state index contributed by atoms with van der Waals surface area (Å²) in [5.41, 5.74) is 2.26. The Kier molecular flexibility index (Phi) is 20.1. The summed E-state index contributed by atoms with van der Waals surface area (Å²) in [6, 6.07) is 15.9. The number of allylic oxidation sites excluding steroid dienone is 3. The molecule has 0 saturated carbocycles. The maximum absolute atomic E-state index is 13.6. The molecule has 1 amide bonds. The van der Waals surface area contributed by atoms with Crippen molar-refractivity contribution >= 4 is 28.0 Å². The summed E-state index contributed by atoms with van der Waals surface area (Å²) in [6.45, 7) is 14.3. The number of ether oxygens (including phenoxy) is 1. The van der Waals surface area contributed by atoms with E-state index in [1.807, 2.05) is 71.2 Å². The van der Waals surface area contributed by atoms with E-state index in [9.17, 15) is 13.2 Å². The van der Waals surface area contributed by atoms with Crippen molar-refractivity contribution in [2.75, 3.05) is 40.3 Å². The number of sulfonamides is 1. The van der Waals surface area contributed by atoms with Crippen molar-refractivity contribution in [3.63, 3.8) is 0 Å². The molecule has 0 aliphatic heterocycles. The molecule has 9 heteroatoms. The van der Waals surface area contributed by atoms with Crippen LogP contribution in [0.1, 0.15) is 56.5 Å². The minimum absolute atomic E-state index is 0.101. The topological polar surface area (TPSA) is 96.0 Å². The number of hydrogen-bond acceptors (Lipinski definition) is 6. The number of methoxy groups -OCH3 is 1. The van der Waals surface area contributed by atoms with Crippen molar-refractivity contribution in [1.82, 2.24) is 14.5 Å². The number of carbonyl (C=O) groups excluding carboxylic acids is 2. The van der Waals surface area contributed by atoms with E-state index < -0.39 is 10.0 Å². The number of benzene rings is 2. The third-order valence-corrected chi connectivity index (χ3v) is 7.40. The molecule has 2 aromatic rings. The summed E-state index contributed by atoms with van der Waals surface area (Å²) in [4.78, 5) is 23.8. The van der Waals surface area contributed by atoms with Crippen molar-refractivity contribution in [2.24, 2.45) is 0 Å². The Bertz CT molecular complexity index is 1180. The van der Waals surface area contributed by atoms with Crippen LogP contribution < -0.4 is 5.32 Å². The van der Waals surface area contributed by atoms with E-state index in [4.69, 9.17) is 4.79 Å². The molecule has 0 saturated heterocycles. The third kappa shape index (κ3) is 13.0. The quantitative estimate of drug-likeness (QED) is 0.162. The smallest absolute Gasteiger partial charge is 0.292 e. The maximum atomic E-state index is 13.6. The highest BCUT2D eigenvalue weighted by atomic mass is 32.2. The summed E-state index contributed by atoms with van der Waals surface area (Å²) in [5, 5.41) is 3.08. The molecule has 1 N–H and O–H groups in total. The molecular weight excluding hydrogens is 538 g/mol. The zero-order chi connectivity index (χ0) is 31.1. The summed E-state index contributed by atoms with van der Waals surface area (Å²) in [5.74, 6) is -0.101. The molecule has 0 spiro atoms. The molecular formula is C32H47N3O5S. The second-order valence-electron chi connectivity index (χ2n) is 8.36. The zero-order valence-corrected chi connectivity index (χ0v) is 26.2. The van der Waals surface area contributed by atoms with E-state index in [1.54, 1.807) is 35.4 Å². The molecule has 226 valence electrons. The van der Waals surface area contributed by atoms with Crippen LogP contribution in [0.2, 0.25) is 0 Å². The van der Waals surface area contributed by atoms with Gasteiger partial charge in [0.2, 0.25) is 0 Å². The molecule has 2 aromatic carbocycles. The average Bonchev–Trinajstić information content (AvgIpc) is 3.02. The van der Waals surface area contributed by atoms with Crippen LogP contribution in [0.4, 0.5) is 0 Å². The van der Waals surface area contributed by atoms with Gasteiger partial charge in [-0.05, 0) is 75.7 Å². The minimum atomic E-state index is -3.84. The van der Waals surface area contributed by atoms with Gasteiger partial charge in [0, 0.05) is 24.9 Å². The second kappa shape index (κ2) is 22.1. The van der Waals surface area contributed by atoms with Gasteiger partial charge in [-0.2, -0.15) is 0 Å². The Morgan fingerprint density at radius 2 is 1.66 bits per heavy atom. The molecule has 0 radical (unpaired) electrons. The van der Waals surface area contributed by atoms with Crippen LogP contribution in [0.3, 0.4) is 0 Å². The average molecular weight is 586 g/mol. The lowest BCUT2D eigenvalue weighted by Crippen LogP contribution is -2.33. The van der Waals surface area contributed by atoms with E-state index >= 15 is 0 Å². The van der Waals surface area contributed by atoms with Crippen molar-refractivity contribution in [2.45, 2.75) is 45.4 Å². The normalized spacial score (nSPS) is 10.9. The first-order valence-electron chi connectivity index (χ1n) is 13.8. The number of hydrogen-bond donors (Lipinski definition) is 1. The molecule has 0 aromatic heterocycles. The van der Waals surface area contributed by atoms with Crippen LogP contribution in [0.5, 0.6) is 0 Å². The van der Waals surface area contributed by atoms with Gasteiger partial charge in [0.25, 0.3) is 22.4 Å². The summed E-state index contributed by atoms with van der Waals surface area (Å²) >= 11 is 0. The highest BCUT2D eigenvalue weighted by Crippen LogP contribution is 2.24. The number of nitrogens with one attached hydrogen (secondary N) is 1. The van der Waals surface area contributed by atoms with Gasteiger partial charge >= 0.3 is 0 Å². The Balaban J connectivity index is 0.00000244. The molecule has 0 unspecified atom stereocenters. The van der Waals surface area contributed by atoms with Gasteiger partial charge in [-0.25, -0.2) is 8.42 Å². The van der Waals surface area contributed by atoms with Crippen LogP contribution in [0.25, 0.3) is 5.57 Å². The van der Waals surface area contributed by atoms with E-state index in [0.29, 0.717) is 31.5 Å². The number of nitrogens with zero attached hydrogens (tertiary/aromatic N) is 2.